The van der Waals surface area contributed by atoms with E-state index >= 15 is 0 Å². The first-order chi connectivity index (χ1) is 10.3. The molecule has 3 nitrogen and oxygen atoms in total. The maximum absolute atomic E-state index is 4.75. The molecule has 1 aromatic heterocycles. The van der Waals surface area contributed by atoms with Crippen molar-refractivity contribution in [2.24, 2.45) is 0 Å². The van der Waals surface area contributed by atoms with Crippen molar-refractivity contribution in [2.45, 2.75) is 6.42 Å². The van der Waals surface area contributed by atoms with Gasteiger partial charge >= 0.3 is 0 Å². The average Bonchev–Trinajstić information content (AvgIpc) is 2.50. The third-order valence-corrected chi connectivity index (χ3v) is 3.67. The number of nitrogens with zero attached hydrogens (tertiary/aromatic N) is 2. The zero-order chi connectivity index (χ0) is 14.7. The number of nitrogens with one attached hydrogen (secondary N) is 1. The SMILES string of the molecule is CN(C)CCCNc1c2ccccc2nc2ccccc12.Cl. The van der Waals surface area contributed by atoms with E-state index in [1.165, 1.54) is 16.5 Å². The minimum absolute atomic E-state index is 0. The summed E-state index contributed by atoms with van der Waals surface area (Å²) >= 11 is 0. The van der Waals surface area contributed by atoms with E-state index in [9.17, 15) is 0 Å². The van der Waals surface area contributed by atoms with E-state index in [2.05, 4.69) is 60.7 Å². The van der Waals surface area contributed by atoms with Gasteiger partial charge < -0.3 is 10.2 Å². The van der Waals surface area contributed by atoms with Gasteiger partial charge in [0.15, 0.2) is 0 Å². The van der Waals surface area contributed by atoms with Crippen LogP contribution in [0, 0.1) is 0 Å². The first kappa shape index (κ1) is 16.5. The van der Waals surface area contributed by atoms with Crippen LogP contribution in [0.4, 0.5) is 5.69 Å². The minimum atomic E-state index is 0. The predicted octanol–water partition coefficient (Wildman–Crippen LogP) is 4.17. The van der Waals surface area contributed by atoms with Crippen molar-refractivity contribution in [1.82, 2.24) is 9.88 Å². The average molecular weight is 316 g/mol. The zero-order valence-corrected chi connectivity index (χ0v) is 13.9. The molecule has 0 fully saturated rings. The summed E-state index contributed by atoms with van der Waals surface area (Å²) in [4.78, 5) is 6.96. The lowest BCUT2D eigenvalue weighted by Crippen LogP contribution is -2.16. The van der Waals surface area contributed by atoms with Crippen LogP contribution in [0.1, 0.15) is 6.42 Å². The number of aromatic nitrogens is 1. The quantitative estimate of drug-likeness (QED) is 0.565. The largest absolute Gasteiger partial charge is 0.384 e. The summed E-state index contributed by atoms with van der Waals surface area (Å²) in [5, 5.41) is 6.01. The topological polar surface area (TPSA) is 28.2 Å². The molecule has 0 unspecified atom stereocenters. The number of benzene rings is 2. The lowest BCUT2D eigenvalue weighted by molar-refractivity contribution is 0.405. The van der Waals surface area contributed by atoms with Gasteiger partial charge in [0.05, 0.1) is 16.7 Å². The van der Waals surface area contributed by atoms with Crippen molar-refractivity contribution in [1.29, 1.82) is 0 Å². The number of pyridine rings is 1. The van der Waals surface area contributed by atoms with E-state index in [1.807, 2.05) is 12.1 Å². The summed E-state index contributed by atoms with van der Waals surface area (Å²) in [5.74, 6) is 0. The van der Waals surface area contributed by atoms with Crippen LogP contribution in [0.5, 0.6) is 0 Å². The van der Waals surface area contributed by atoms with E-state index < -0.39 is 0 Å². The maximum atomic E-state index is 4.75. The van der Waals surface area contributed by atoms with Gasteiger partial charge in [-0.2, -0.15) is 0 Å². The maximum Gasteiger partial charge on any atom is 0.0730 e. The van der Waals surface area contributed by atoms with Crippen molar-refractivity contribution >= 4 is 39.9 Å². The summed E-state index contributed by atoms with van der Waals surface area (Å²) < 4.78 is 0. The zero-order valence-electron chi connectivity index (χ0n) is 13.0. The molecule has 0 saturated heterocycles. The van der Waals surface area contributed by atoms with Crippen molar-refractivity contribution in [3.63, 3.8) is 0 Å². The Morgan fingerprint density at radius 3 is 2.00 bits per heavy atom. The molecule has 0 atom stereocenters. The number of hydrogen-bond donors (Lipinski definition) is 1. The number of para-hydroxylation sites is 2. The third kappa shape index (κ3) is 3.49. The molecule has 116 valence electrons. The highest BCUT2D eigenvalue weighted by molar-refractivity contribution is 6.07. The summed E-state index contributed by atoms with van der Waals surface area (Å²) in [5.41, 5.74) is 3.30. The molecule has 0 aliphatic rings. The number of hydrogen-bond acceptors (Lipinski definition) is 3. The van der Waals surface area contributed by atoms with Crippen LogP contribution in [-0.4, -0.2) is 37.1 Å². The van der Waals surface area contributed by atoms with Gasteiger partial charge in [-0.3, -0.25) is 0 Å². The van der Waals surface area contributed by atoms with Crippen molar-refractivity contribution in [3.05, 3.63) is 48.5 Å². The number of halogens is 1. The van der Waals surface area contributed by atoms with Gasteiger partial charge in [-0.1, -0.05) is 36.4 Å². The Labute approximate surface area is 137 Å². The van der Waals surface area contributed by atoms with Gasteiger partial charge in [-0.15, -0.1) is 12.4 Å². The van der Waals surface area contributed by atoms with Crippen LogP contribution in [0.3, 0.4) is 0 Å². The molecule has 0 amide bonds. The van der Waals surface area contributed by atoms with Crippen LogP contribution < -0.4 is 5.32 Å². The number of anilines is 1. The molecule has 0 bridgehead atoms. The van der Waals surface area contributed by atoms with Crippen LogP contribution >= 0.6 is 12.4 Å². The molecule has 0 saturated carbocycles. The summed E-state index contributed by atoms with van der Waals surface area (Å²) in [6, 6.07) is 16.7. The highest BCUT2D eigenvalue weighted by Gasteiger charge is 2.07. The molecule has 3 rings (SSSR count). The molecule has 3 aromatic rings. The normalized spacial score (nSPS) is 10.9. The molecule has 4 heteroatoms. The van der Waals surface area contributed by atoms with E-state index in [4.69, 9.17) is 4.98 Å². The molecule has 22 heavy (non-hydrogen) atoms. The molecule has 1 heterocycles. The van der Waals surface area contributed by atoms with Gasteiger partial charge in [-0.05, 0) is 39.2 Å². The third-order valence-electron chi connectivity index (χ3n) is 3.67. The number of fused-ring (bicyclic) bond motifs is 2. The molecule has 0 aliphatic carbocycles. The molecular formula is C18H22ClN3. The van der Waals surface area contributed by atoms with E-state index in [0.717, 1.165) is 30.5 Å². The molecule has 2 aromatic carbocycles. The fourth-order valence-electron chi connectivity index (χ4n) is 2.64. The first-order valence-electron chi connectivity index (χ1n) is 7.42. The molecule has 0 spiro atoms. The van der Waals surface area contributed by atoms with Gasteiger partial charge in [0, 0.05) is 17.3 Å². The van der Waals surface area contributed by atoms with Crippen LogP contribution in [0.2, 0.25) is 0 Å². The van der Waals surface area contributed by atoms with Gasteiger partial charge in [0.1, 0.15) is 0 Å². The Hall–Kier alpha value is -1.84. The monoisotopic (exact) mass is 315 g/mol. The lowest BCUT2D eigenvalue weighted by Gasteiger charge is -2.14. The fourth-order valence-corrected chi connectivity index (χ4v) is 2.64. The Morgan fingerprint density at radius 2 is 1.45 bits per heavy atom. The second-order valence-electron chi connectivity index (χ2n) is 5.60. The van der Waals surface area contributed by atoms with Gasteiger partial charge in [0.2, 0.25) is 0 Å². The second kappa shape index (κ2) is 7.43. The highest BCUT2D eigenvalue weighted by Crippen LogP contribution is 2.30. The summed E-state index contributed by atoms with van der Waals surface area (Å²) in [7, 11) is 4.22. The Morgan fingerprint density at radius 1 is 0.909 bits per heavy atom. The van der Waals surface area contributed by atoms with Crippen LogP contribution in [0.15, 0.2) is 48.5 Å². The summed E-state index contributed by atoms with van der Waals surface area (Å²) in [6.45, 7) is 2.06. The van der Waals surface area contributed by atoms with Crippen LogP contribution in [0.25, 0.3) is 21.8 Å². The Balaban J connectivity index is 0.00000176. The predicted molar refractivity (Wildman–Crippen MR) is 98.2 cm³/mol. The van der Waals surface area contributed by atoms with E-state index in [0.29, 0.717) is 0 Å². The molecule has 0 radical (unpaired) electrons. The Kier molecular flexibility index (Phi) is 5.58. The first-order valence-corrected chi connectivity index (χ1v) is 7.42. The van der Waals surface area contributed by atoms with E-state index in [-0.39, 0.29) is 12.4 Å². The smallest absolute Gasteiger partial charge is 0.0730 e. The highest BCUT2D eigenvalue weighted by atomic mass is 35.5. The standard InChI is InChI=1S/C18H21N3.ClH/c1-21(2)13-7-12-19-18-14-8-3-5-10-16(14)20-17-11-6-4-9-15(17)18;/h3-6,8-11H,7,12-13H2,1-2H3,(H,19,20);1H. The Bertz CT molecular complexity index is 701. The summed E-state index contributed by atoms with van der Waals surface area (Å²) in [6.07, 6.45) is 1.12. The fraction of sp³-hybridized carbons (Fsp3) is 0.278. The van der Waals surface area contributed by atoms with E-state index in [1.54, 1.807) is 0 Å². The lowest BCUT2D eigenvalue weighted by atomic mass is 10.1. The molecular weight excluding hydrogens is 294 g/mol. The van der Waals surface area contributed by atoms with Gasteiger partial charge in [0.25, 0.3) is 0 Å². The minimum Gasteiger partial charge on any atom is -0.384 e. The van der Waals surface area contributed by atoms with Crippen molar-refractivity contribution in [2.75, 3.05) is 32.5 Å². The second-order valence-corrected chi connectivity index (χ2v) is 5.60. The molecule has 1 N–H and O–H groups in total. The van der Waals surface area contributed by atoms with Crippen LogP contribution in [-0.2, 0) is 0 Å². The van der Waals surface area contributed by atoms with Crippen molar-refractivity contribution < 1.29 is 0 Å². The van der Waals surface area contributed by atoms with Gasteiger partial charge in [-0.25, -0.2) is 4.98 Å². The molecule has 0 aliphatic heterocycles. The van der Waals surface area contributed by atoms with Crippen molar-refractivity contribution in [3.8, 4) is 0 Å². The number of rotatable bonds is 5.